The Labute approximate surface area is 76.2 Å². The fourth-order valence-electron chi connectivity index (χ4n) is 0.578. The molecule has 1 aromatic heterocycles. The lowest BCUT2D eigenvalue weighted by Crippen LogP contribution is -1.90. The molecular formula is C6H8ClN3OS. The molecule has 0 aromatic carbocycles. The molecule has 0 amide bonds. The Hall–Kier alpha value is -0.680. The van der Waals surface area contributed by atoms with Crippen LogP contribution >= 0.6 is 11.6 Å². The molecule has 0 fully saturated rings. The van der Waals surface area contributed by atoms with Crippen molar-refractivity contribution in [2.45, 2.75) is 0 Å². The van der Waals surface area contributed by atoms with E-state index in [1.54, 1.807) is 0 Å². The first kappa shape index (κ1) is 9.41. The third-order valence-corrected chi connectivity index (χ3v) is 1.74. The summed E-state index contributed by atoms with van der Waals surface area (Å²) in [6.07, 6.45) is 5.81. The van der Waals surface area contributed by atoms with Gasteiger partial charge in [0.25, 0.3) is 0 Å². The van der Waals surface area contributed by atoms with Gasteiger partial charge >= 0.3 is 0 Å². The highest BCUT2D eigenvalue weighted by Gasteiger charge is 1.95. The molecule has 0 saturated heterocycles. The molecule has 0 spiro atoms. The molecule has 4 nitrogen and oxygen atoms in total. The van der Waals surface area contributed by atoms with Gasteiger partial charge in [0, 0.05) is 22.2 Å². The first-order chi connectivity index (χ1) is 5.47. The van der Waals surface area contributed by atoms with E-state index in [1.165, 1.54) is 24.9 Å². The van der Waals surface area contributed by atoms with E-state index in [-0.39, 0.29) is 0 Å². The lowest BCUT2D eigenvalue weighted by Gasteiger charge is -1.94. The average Bonchev–Trinajstić information content (AvgIpc) is 1.91. The largest absolute Gasteiger partial charge is 0.250 e. The Balaban J connectivity index is 3.08. The molecule has 0 saturated carbocycles. The van der Waals surface area contributed by atoms with Gasteiger partial charge in [-0.25, -0.2) is 14.2 Å². The monoisotopic (exact) mass is 205 g/mol. The summed E-state index contributed by atoms with van der Waals surface area (Å²) in [7, 11) is -2.16. The van der Waals surface area contributed by atoms with Crippen LogP contribution in [0.5, 0.6) is 0 Å². The van der Waals surface area contributed by atoms with Crippen LogP contribution in [0.4, 0.5) is 5.82 Å². The van der Waals surface area contributed by atoms with Gasteiger partial charge in [0.05, 0.1) is 12.4 Å². The fraction of sp³-hybridized carbons (Fsp3) is 0.333. The van der Waals surface area contributed by atoms with Gasteiger partial charge in [-0.05, 0) is 0 Å². The Morgan fingerprint density at radius 2 is 2.08 bits per heavy atom. The van der Waals surface area contributed by atoms with E-state index in [0.717, 1.165) is 0 Å². The van der Waals surface area contributed by atoms with Gasteiger partial charge in [-0.3, -0.25) is 0 Å². The lowest BCUT2D eigenvalue weighted by atomic mass is 10.7. The summed E-state index contributed by atoms with van der Waals surface area (Å²) in [6, 6.07) is 0. The highest BCUT2D eigenvalue weighted by Crippen LogP contribution is 2.09. The Bertz CT molecular complexity index is 372. The van der Waals surface area contributed by atoms with Crippen molar-refractivity contribution in [2.24, 2.45) is 4.36 Å². The van der Waals surface area contributed by atoms with Gasteiger partial charge in [0.15, 0.2) is 5.82 Å². The molecule has 6 heteroatoms. The van der Waals surface area contributed by atoms with E-state index >= 15 is 0 Å². The number of nitrogens with zero attached hydrogens (tertiary/aromatic N) is 3. The van der Waals surface area contributed by atoms with Crippen LogP contribution in [0.25, 0.3) is 0 Å². The summed E-state index contributed by atoms with van der Waals surface area (Å²) in [5.74, 6) is 0.342. The minimum Gasteiger partial charge on any atom is -0.250 e. The molecule has 0 aliphatic carbocycles. The van der Waals surface area contributed by atoms with Gasteiger partial charge in [-0.15, -0.1) is 0 Å². The summed E-state index contributed by atoms with van der Waals surface area (Å²) < 4.78 is 15.0. The quantitative estimate of drug-likeness (QED) is 0.698. The van der Waals surface area contributed by atoms with Crippen molar-refractivity contribution >= 4 is 27.1 Å². The Morgan fingerprint density at radius 3 is 2.50 bits per heavy atom. The first-order valence-electron chi connectivity index (χ1n) is 3.12. The molecule has 0 radical (unpaired) electrons. The van der Waals surface area contributed by atoms with Crippen molar-refractivity contribution in [1.29, 1.82) is 0 Å². The number of halogens is 1. The van der Waals surface area contributed by atoms with Crippen LogP contribution in [-0.4, -0.2) is 26.7 Å². The second-order valence-electron chi connectivity index (χ2n) is 2.47. The number of hydrogen-bond donors (Lipinski definition) is 0. The molecule has 0 aliphatic heterocycles. The second kappa shape index (κ2) is 3.37. The molecule has 0 atom stereocenters. The summed E-state index contributed by atoms with van der Waals surface area (Å²) in [5.41, 5.74) is 0. The molecular weight excluding hydrogens is 198 g/mol. The highest BCUT2D eigenvalue weighted by molar-refractivity contribution is 7.92. The van der Waals surface area contributed by atoms with Gasteiger partial charge < -0.3 is 0 Å². The molecule has 12 heavy (non-hydrogen) atoms. The van der Waals surface area contributed by atoms with E-state index in [1.807, 2.05) is 0 Å². The average molecular weight is 206 g/mol. The third-order valence-electron chi connectivity index (χ3n) is 0.920. The summed E-state index contributed by atoms with van der Waals surface area (Å²) >= 11 is 5.50. The molecule has 0 unspecified atom stereocenters. The predicted octanol–water partition coefficient (Wildman–Crippen LogP) is 1.49. The molecule has 66 valence electrons. The maximum atomic E-state index is 11.2. The van der Waals surface area contributed by atoms with Gasteiger partial charge in [0.2, 0.25) is 0 Å². The normalized spacial score (nSPS) is 11.2. The minimum atomic E-state index is -2.16. The van der Waals surface area contributed by atoms with Crippen molar-refractivity contribution < 1.29 is 4.21 Å². The number of hydrogen-bond acceptors (Lipinski definition) is 4. The summed E-state index contributed by atoms with van der Waals surface area (Å²) in [6.45, 7) is 0. The van der Waals surface area contributed by atoms with Crippen LogP contribution in [0.1, 0.15) is 0 Å². The molecule has 1 rings (SSSR count). The molecule has 1 heterocycles. The van der Waals surface area contributed by atoms with Crippen LogP contribution in [0.15, 0.2) is 16.8 Å². The van der Waals surface area contributed by atoms with Crippen LogP contribution in [0.2, 0.25) is 5.15 Å². The van der Waals surface area contributed by atoms with Gasteiger partial charge in [0.1, 0.15) is 5.15 Å². The molecule has 0 aliphatic rings. The lowest BCUT2D eigenvalue weighted by molar-refractivity contribution is 0.684. The van der Waals surface area contributed by atoms with Crippen molar-refractivity contribution in [3.63, 3.8) is 0 Å². The number of rotatable bonds is 1. The molecule has 0 bridgehead atoms. The fourth-order valence-corrected chi connectivity index (χ4v) is 1.22. The van der Waals surface area contributed by atoms with Crippen LogP contribution < -0.4 is 0 Å². The van der Waals surface area contributed by atoms with Crippen LogP contribution in [0, 0.1) is 0 Å². The summed E-state index contributed by atoms with van der Waals surface area (Å²) in [5, 5.41) is 0.299. The minimum absolute atomic E-state index is 0.299. The van der Waals surface area contributed by atoms with E-state index < -0.39 is 9.73 Å². The van der Waals surface area contributed by atoms with Crippen LogP contribution in [-0.2, 0) is 9.73 Å². The van der Waals surface area contributed by atoms with E-state index in [9.17, 15) is 4.21 Å². The highest BCUT2D eigenvalue weighted by atomic mass is 35.5. The predicted molar refractivity (Wildman–Crippen MR) is 49.1 cm³/mol. The van der Waals surface area contributed by atoms with Crippen molar-refractivity contribution in [3.05, 3.63) is 17.5 Å². The topological polar surface area (TPSA) is 55.2 Å². The summed E-state index contributed by atoms with van der Waals surface area (Å²) in [4.78, 5) is 7.57. The number of aromatic nitrogens is 2. The third kappa shape index (κ3) is 3.15. The van der Waals surface area contributed by atoms with E-state index in [4.69, 9.17) is 11.6 Å². The van der Waals surface area contributed by atoms with Gasteiger partial charge in [-0.2, -0.15) is 4.36 Å². The Kier molecular flexibility index (Phi) is 2.64. The standard InChI is InChI=1S/C6H8ClN3OS/c1-12(2,11)10-6-4-8-5(7)3-9-6/h3-4H,1-2H3. The zero-order valence-electron chi connectivity index (χ0n) is 6.69. The molecule has 1 aromatic rings. The van der Waals surface area contributed by atoms with E-state index in [2.05, 4.69) is 14.3 Å². The Morgan fingerprint density at radius 1 is 1.42 bits per heavy atom. The maximum Gasteiger partial charge on any atom is 0.180 e. The zero-order chi connectivity index (χ0) is 9.19. The van der Waals surface area contributed by atoms with Crippen LogP contribution in [0.3, 0.4) is 0 Å². The second-order valence-corrected chi connectivity index (χ2v) is 5.40. The van der Waals surface area contributed by atoms with E-state index in [0.29, 0.717) is 11.0 Å². The SMILES string of the molecule is CS(C)(=O)=Nc1cnc(Cl)cn1. The van der Waals surface area contributed by atoms with Gasteiger partial charge in [-0.1, -0.05) is 11.6 Å². The maximum absolute atomic E-state index is 11.2. The molecule has 0 N–H and O–H groups in total. The van der Waals surface area contributed by atoms with Crippen molar-refractivity contribution in [2.75, 3.05) is 12.5 Å². The van der Waals surface area contributed by atoms with Crippen molar-refractivity contribution in [1.82, 2.24) is 9.97 Å². The first-order valence-corrected chi connectivity index (χ1v) is 5.83. The van der Waals surface area contributed by atoms with Crippen molar-refractivity contribution in [3.8, 4) is 0 Å². The zero-order valence-corrected chi connectivity index (χ0v) is 8.26. The smallest absolute Gasteiger partial charge is 0.180 e.